The molecule has 4 nitrogen and oxygen atoms in total. The predicted molar refractivity (Wildman–Crippen MR) is 118 cm³/mol. The van der Waals surface area contributed by atoms with Crippen LogP contribution < -0.4 is 5.32 Å². The van der Waals surface area contributed by atoms with E-state index in [1.807, 2.05) is 18.2 Å². The Morgan fingerprint density at radius 3 is 2.36 bits per heavy atom. The van der Waals surface area contributed by atoms with Gasteiger partial charge in [0, 0.05) is 18.3 Å². The van der Waals surface area contributed by atoms with Crippen molar-refractivity contribution in [2.45, 2.75) is 58.2 Å². The largest absolute Gasteiger partial charge is 0.417 e. The first kappa shape index (κ1) is 24.7. The number of likely N-dealkylation sites (tertiary alicyclic amines) is 1. The van der Waals surface area contributed by atoms with Crippen molar-refractivity contribution in [1.82, 2.24) is 4.90 Å². The van der Waals surface area contributed by atoms with Crippen molar-refractivity contribution in [3.8, 4) is 0 Å². The van der Waals surface area contributed by atoms with Crippen molar-refractivity contribution in [3.05, 3.63) is 65.0 Å². The fraction of sp³-hybridized carbons (Fsp3) is 0.440. The number of piperidine rings is 1. The number of amides is 2. The van der Waals surface area contributed by atoms with E-state index in [-0.39, 0.29) is 17.9 Å². The fourth-order valence-electron chi connectivity index (χ4n) is 4.20. The van der Waals surface area contributed by atoms with E-state index < -0.39 is 41.0 Å². The van der Waals surface area contributed by atoms with E-state index in [4.69, 9.17) is 0 Å². The minimum Gasteiger partial charge on any atom is -0.335 e. The molecule has 0 unspecified atom stereocenters. The third-order valence-corrected chi connectivity index (χ3v) is 6.11. The highest BCUT2D eigenvalue weighted by Crippen LogP contribution is 2.35. The minimum absolute atomic E-state index is 0.113. The maximum atomic E-state index is 14.4. The smallest absolute Gasteiger partial charge is 0.335 e. The Kier molecular flexibility index (Phi) is 6.86. The Bertz CT molecular complexity index is 1040. The number of carbonyl (C=O) groups excluding carboxylic acids is 2. The van der Waals surface area contributed by atoms with Crippen molar-refractivity contribution < 1.29 is 27.2 Å². The lowest BCUT2D eigenvalue weighted by atomic mass is 9.86. The van der Waals surface area contributed by atoms with Gasteiger partial charge in [-0.2, -0.15) is 13.2 Å². The van der Waals surface area contributed by atoms with Crippen LogP contribution in [0.4, 0.5) is 23.2 Å². The number of nitrogens with one attached hydrogen (secondary N) is 1. The van der Waals surface area contributed by atoms with Crippen molar-refractivity contribution >= 4 is 17.5 Å². The molecule has 1 N–H and O–H groups in total. The molecule has 3 rings (SSSR count). The molecule has 2 atom stereocenters. The second kappa shape index (κ2) is 9.15. The Labute approximate surface area is 191 Å². The van der Waals surface area contributed by atoms with Gasteiger partial charge in [0.05, 0.1) is 17.0 Å². The van der Waals surface area contributed by atoms with Crippen LogP contribution in [0.25, 0.3) is 0 Å². The monoisotopic (exact) mass is 464 g/mol. The van der Waals surface area contributed by atoms with Crippen LogP contribution in [0.1, 0.15) is 62.0 Å². The summed E-state index contributed by atoms with van der Waals surface area (Å²) in [6, 6.07) is 9.20. The third kappa shape index (κ3) is 5.37. The van der Waals surface area contributed by atoms with Crippen LogP contribution in [0.2, 0.25) is 0 Å². The van der Waals surface area contributed by atoms with Gasteiger partial charge in [0.1, 0.15) is 5.82 Å². The molecule has 0 saturated carbocycles. The standard InChI is InChI=1S/C25H28F4N2O2/c1-15-18(22(32)30-17-9-5-8-16(14-17)24(2,3)4)10-7-13-31(15)23(33)21-19(25(27,28)29)11-6-12-20(21)26/h5-6,8-9,11-12,14-15,18H,7,10,13H2,1-4H3,(H,30,32)/t15-,18-/m0/s1. The summed E-state index contributed by atoms with van der Waals surface area (Å²) in [5, 5.41) is 2.87. The van der Waals surface area contributed by atoms with Crippen molar-refractivity contribution in [3.63, 3.8) is 0 Å². The average molecular weight is 465 g/mol. The molecule has 33 heavy (non-hydrogen) atoms. The summed E-state index contributed by atoms with van der Waals surface area (Å²) in [6.45, 7) is 7.92. The van der Waals surface area contributed by atoms with Gasteiger partial charge in [0.25, 0.3) is 5.91 Å². The molecule has 1 heterocycles. The molecule has 1 aliphatic heterocycles. The molecule has 0 aliphatic carbocycles. The van der Waals surface area contributed by atoms with Gasteiger partial charge in [0.2, 0.25) is 5.91 Å². The third-order valence-electron chi connectivity index (χ3n) is 6.11. The lowest BCUT2D eigenvalue weighted by Gasteiger charge is -2.39. The Hall–Kier alpha value is -2.90. The van der Waals surface area contributed by atoms with Crippen LogP contribution in [-0.4, -0.2) is 29.3 Å². The van der Waals surface area contributed by atoms with Gasteiger partial charge in [-0.3, -0.25) is 9.59 Å². The van der Waals surface area contributed by atoms with E-state index in [0.717, 1.165) is 17.7 Å². The number of halogens is 4. The molecule has 1 fully saturated rings. The Morgan fingerprint density at radius 1 is 1.06 bits per heavy atom. The summed E-state index contributed by atoms with van der Waals surface area (Å²) >= 11 is 0. The van der Waals surface area contributed by atoms with Gasteiger partial charge in [-0.15, -0.1) is 0 Å². The summed E-state index contributed by atoms with van der Waals surface area (Å²) in [4.78, 5) is 27.2. The number of hydrogen-bond acceptors (Lipinski definition) is 2. The maximum Gasteiger partial charge on any atom is 0.417 e. The quantitative estimate of drug-likeness (QED) is 0.565. The first-order chi connectivity index (χ1) is 15.3. The summed E-state index contributed by atoms with van der Waals surface area (Å²) < 4.78 is 54.6. The number of nitrogens with zero attached hydrogens (tertiary/aromatic N) is 1. The van der Waals surface area contributed by atoms with E-state index in [1.54, 1.807) is 13.0 Å². The van der Waals surface area contributed by atoms with Gasteiger partial charge in [-0.25, -0.2) is 4.39 Å². The maximum absolute atomic E-state index is 14.4. The SMILES string of the molecule is C[C@H]1[C@@H](C(=O)Nc2cccc(C(C)(C)C)c2)CCCN1C(=O)c1c(F)cccc1C(F)(F)F. The van der Waals surface area contributed by atoms with Crippen LogP contribution in [-0.2, 0) is 16.4 Å². The molecule has 0 spiro atoms. The number of rotatable bonds is 3. The second-order valence-electron chi connectivity index (χ2n) is 9.47. The zero-order chi connectivity index (χ0) is 24.6. The van der Waals surface area contributed by atoms with Crippen molar-refractivity contribution in [2.24, 2.45) is 5.92 Å². The van der Waals surface area contributed by atoms with E-state index in [0.29, 0.717) is 24.6 Å². The van der Waals surface area contributed by atoms with Crippen LogP contribution in [0.15, 0.2) is 42.5 Å². The fourth-order valence-corrected chi connectivity index (χ4v) is 4.20. The minimum atomic E-state index is -4.87. The highest BCUT2D eigenvalue weighted by molar-refractivity contribution is 5.98. The van der Waals surface area contributed by atoms with Crippen LogP contribution >= 0.6 is 0 Å². The van der Waals surface area contributed by atoms with Crippen LogP contribution in [0.5, 0.6) is 0 Å². The summed E-state index contributed by atoms with van der Waals surface area (Å²) in [7, 11) is 0. The highest BCUT2D eigenvalue weighted by Gasteiger charge is 2.41. The predicted octanol–water partition coefficient (Wildman–Crippen LogP) is 6.02. The van der Waals surface area contributed by atoms with Gasteiger partial charge in [-0.1, -0.05) is 39.0 Å². The molecule has 1 saturated heterocycles. The molecular weight excluding hydrogens is 436 g/mol. The molecule has 1 aliphatic rings. The van der Waals surface area contributed by atoms with Crippen molar-refractivity contribution in [2.75, 3.05) is 11.9 Å². The first-order valence-electron chi connectivity index (χ1n) is 10.9. The van der Waals surface area contributed by atoms with E-state index >= 15 is 0 Å². The Balaban J connectivity index is 1.83. The van der Waals surface area contributed by atoms with Gasteiger partial charge in [0.15, 0.2) is 0 Å². The number of benzene rings is 2. The lowest BCUT2D eigenvalue weighted by Crippen LogP contribution is -2.50. The van der Waals surface area contributed by atoms with Crippen LogP contribution in [0, 0.1) is 11.7 Å². The molecule has 178 valence electrons. The van der Waals surface area contributed by atoms with Gasteiger partial charge >= 0.3 is 6.18 Å². The molecule has 8 heteroatoms. The van der Waals surface area contributed by atoms with Crippen LogP contribution in [0.3, 0.4) is 0 Å². The lowest BCUT2D eigenvalue weighted by molar-refractivity contribution is -0.138. The second-order valence-corrected chi connectivity index (χ2v) is 9.47. The summed E-state index contributed by atoms with van der Waals surface area (Å²) in [5.41, 5.74) is -0.788. The number of hydrogen-bond donors (Lipinski definition) is 1. The van der Waals surface area contributed by atoms with E-state index in [2.05, 4.69) is 26.1 Å². The van der Waals surface area contributed by atoms with E-state index in [9.17, 15) is 27.2 Å². The van der Waals surface area contributed by atoms with Gasteiger partial charge in [-0.05, 0) is 55.0 Å². The number of alkyl halides is 3. The normalized spacial score (nSPS) is 19.3. The average Bonchev–Trinajstić information content (AvgIpc) is 2.72. The zero-order valence-electron chi connectivity index (χ0n) is 19.1. The molecule has 0 radical (unpaired) electrons. The first-order valence-corrected chi connectivity index (χ1v) is 10.9. The Morgan fingerprint density at radius 2 is 1.73 bits per heavy atom. The van der Waals surface area contributed by atoms with E-state index in [1.165, 1.54) is 4.90 Å². The molecule has 2 aromatic rings. The van der Waals surface area contributed by atoms with Crippen molar-refractivity contribution in [1.29, 1.82) is 0 Å². The molecule has 2 amide bonds. The number of anilines is 1. The molecule has 0 bridgehead atoms. The molecule has 0 aromatic heterocycles. The molecule has 2 aromatic carbocycles. The summed E-state index contributed by atoms with van der Waals surface area (Å²) in [5.74, 6) is -3.24. The highest BCUT2D eigenvalue weighted by atomic mass is 19.4. The number of carbonyl (C=O) groups is 2. The topological polar surface area (TPSA) is 49.4 Å². The molecular formula is C25H28F4N2O2. The van der Waals surface area contributed by atoms with Gasteiger partial charge < -0.3 is 10.2 Å². The summed E-state index contributed by atoms with van der Waals surface area (Å²) in [6.07, 6.45) is -3.98. The zero-order valence-corrected chi connectivity index (χ0v) is 19.1.